The van der Waals surface area contributed by atoms with Crippen molar-refractivity contribution in [3.8, 4) is 22.8 Å². The number of aromatic nitrogens is 1. The van der Waals surface area contributed by atoms with Gasteiger partial charge in [0.15, 0.2) is 23.0 Å². The van der Waals surface area contributed by atoms with Crippen molar-refractivity contribution in [1.29, 1.82) is 0 Å². The van der Waals surface area contributed by atoms with Crippen LogP contribution >= 0.6 is 0 Å². The lowest BCUT2D eigenvalue weighted by Crippen LogP contribution is -2.41. The van der Waals surface area contributed by atoms with Crippen LogP contribution in [0.5, 0.6) is 11.5 Å². The predicted octanol–water partition coefficient (Wildman–Crippen LogP) is 3.23. The van der Waals surface area contributed by atoms with Crippen LogP contribution in [0.25, 0.3) is 11.3 Å². The normalized spacial score (nSPS) is 14.6. The second-order valence-corrected chi connectivity index (χ2v) is 6.71. The monoisotopic (exact) mass is 316 g/mol. The van der Waals surface area contributed by atoms with E-state index in [0.29, 0.717) is 17.3 Å². The number of hydrogen-bond acceptors (Lipinski definition) is 5. The standard InChI is InChI=1S/C17H20N2O4/c1-10(17(2,3)4)18-16(20)12-8-14(23-19-12)11-5-6-13-15(7-11)22-9-21-13/h5-8,10H,9H2,1-4H3,(H,18,20). The van der Waals surface area contributed by atoms with Crippen molar-refractivity contribution in [1.82, 2.24) is 10.5 Å². The maximum Gasteiger partial charge on any atom is 0.273 e. The maximum absolute atomic E-state index is 12.3. The van der Waals surface area contributed by atoms with Crippen molar-refractivity contribution in [3.05, 3.63) is 30.0 Å². The topological polar surface area (TPSA) is 73.6 Å². The molecule has 1 aliphatic rings. The number of ether oxygens (including phenoxy) is 2. The Morgan fingerprint density at radius 2 is 1.96 bits per heavy atom. The van der Waals surface area contributed by atoms with E-state index in [2.05, 4.69) is 31.2 Å². The summed E-state index contributed by atoms with van der Waals surface area (Å²) in [5.41, 5.74) is 1.01. The first-order valence-corrected chi connectivity index (χ1v) is 7.52. The summed E-state index contributed by atoms with van der Waals surface area (Å²) in [6, 6.07) is 7.10. The van der Waals surface area contributed by atoms with Crippen LogP contribution in [-0.4, -0.2) is 23.9 Å². The van der Waals surface area contributed by atoms with Gasteiger partial charge in [-0.1, -0.05) is 25.9 Å². The highest BCUT2D eigenvalue weighted by Crippen LogP contribution is 2.36. The van der Waals surface area contributed by atoms with E-state index in [1.807, 2.05) is 25.1 Å². The molecule has 0 fully saturated rings. The second kappa shape index (κ2) is 5.61. The lowest BCUT2D eigenvalue weighted by atomic mass is 9.88. The van der Waals surface area contributed by atoms with Gasteiger partial charge in [-0.3, -0.25) is 4.79 Å². The van der Waals surface area contributed by atoms with Crippen LogP contribution in [0.3, 0.4) is 0 Å². The minimum Gasteiger partial charge on any atom is -0.454 e. The molecule has 0 bridgehead atoms. The molecule has 1 aliphatic heterocycles. The Hall–Kier alpha value is -2.50. The van der Waals surface area contributed by atoms with Gasteiger partial charge in [0, 0.05) is 17.7 Å². The van der Waals surface area contributed by atoms with Crippen molar-refractivity contribution in [3.63, 3.8) is 0 Å². The van der Waals surface area contributed by atoms with Gasteiger partial charge >= 0.3 is 0 Å². The lowest BCUT2D eigenvalue weighted by Gasteiger charge is -2.27. The van der Waals surface area contributed by atoms with Gasteiger partial charge in [0.05, 0.1) is 0 Å². The van der Waals surface area contributed by atoms with Crippen LogP contribution < -0.4 is 14.8 Å². The van der Waals surface area contributed by atoms with E-state index in [9.17, 15) is 4.79 Å². The van der Waals surface area contributed by atoms with Crippen molar-refractivity contribution in [2.45, 2.75) is 33.7 Å². The molecule has 0 spiro atoms. The van der Waals surface area contributed by atoms with E-state index < -0.39 is 0 Å². The fourth-order valence-electron chi connectivity index (χ4n) is 2.06. The fourth-order valence-corrected chi connectivity index (χ4v) is 2.06. The number of nitrogens with zero attached hydrogens (tertiary/aromatic N) is 1. The second-order valence-electron chi connectivity index (χ2n) is 6.71. The van der Waals surface area contributed by atoms with Gasteiger partial charge in [0.2, 0.25) is 6.79 Å². The molecule has 1 unspecified atom stereocenters. The summed E-state index contributed by atoms with van der Waals surface area (Å²) < 4.78 is 15.9. The third-order valence-electron chi connectivity index (χ3n) is 4.05. The molecular weight excluding hydrogens is 296 g/mol. The minimum atomic E-state index is -0.247. The van der Waals surface area contributed by atoms with Gasteiger partial charge in [-0.15, -0.1) is 0 Å². The third kappa shape index (κ3) is 3.16. The Morgan fingerprint density at radius 1 is 1.22 bits per heavy atom. The summed E-state index contributed by atoms with van der Waals surface area (Å²) in [4.78, 5) is 12.3. The van der Waals surface area contributed by atoms with E-state index in [1.165, 1.54) is 0 Å². The van der Waals surface area contributed by atoms with Crippen molar-refractivity contribution >= 4 is 5.91 Å². The van der Waals surface area contributed by atoms with Crippen LogP contribution in [0.4, 0.5) is 0 Å². The van der Waals surface area contributed by atoms with E-state index >= 15 is 0 Å². The molecule has 0 aliphatic carbocycles. The van der Waals surface area contributed by atoms with Crippen LogP contribution in [0, 0.1) is 5.41 Å². The van der Waals surface area contributed by atoms with Gasteiger partial charge in [-0.25, -0.2) is 0 Å². The number of hydrogen-bond donors (Lipinski definition) is 1. The van der Waals surface area contributed by atoms with Gasteiger partial charge in [-0.2, -0.15) is 0 Å². The molecule has 3 rings (SSSR count). The van der Waals surface area contributed by atoms with Gasteiger partial charge < -0.3 is 19.3 Å². The fraction of sp³-hybridized carbons (Fsp3) is 0.412. The van der Waals surface area contributed by atoms with Gasteiger partial charge in [0.1, 0.15) is 0 Å². The molecule has 1 aromatic carbocycles. The van der Waals surface area contributed by atoms with Crippen molar-refractivity contribution < 1.29 is 18.8 Å². The van der Waals surface area contributed by atoms with Crippen LogP contribution in [-0.2, 0) is 0 Å². The molecule has 1 atom stereocenters. The molecule has 2 heterocycles. The highest BCUT2D eigenvalue weighted by molar-refractivity contribution is 5.93. The molecule has 1 N–H and O–H groups in total. The molecule has 0 saturated heterocycles. The average Bonchev–Trinajstić information content (AvgIpc) is 3.14. The zero-order chi connectivity index (χ0) is 16.6. The van der Waals surface area contributed by atoms with Crippen molar-refractivity contribution in [2.75, 3.05) is 6.79 Å². The van der Waals surface area contributed by atoms with Crippen LogP contribution in [0.15, 0.2) is 28.8 Å². The largest absolute Gasteiger partial charge is 0.454 e. The van der Waals surface area contributed by atoms with E-state index in [1.54, 1.807) is 6.07 Å². The Morgan fingerprint density at radius 3 is 2.70 bits per heavy atom. The number of fused-ring (bicyclic) bond motifs is 1. The first-order chi connectivity index (χ1) is 10.8. The Labute approximate surface area is 134 Å². The van der Waals surface area contributed by atoms with E-state index in [0.717, 1.165) is 5.56 Å². The maximum atomic E-state index is 12.3. The average molecular weight is 316 g/mol. The van der Waals surface area contributed by atoms with Gasteiger partial charge in [0.25, 0.3) is 5.91 Å². The van der Waals surface area contributed by atoms with E-state index in [4.69, 9.17) is 14.0 Å². The molecule has 0 saturated carbocycles. The van der Waals surface area contributed by atoms with Gasteiger partial charge in [-0.05, 0) is 30.5 Å². The highest BCUT2D eigenvalue weighted by atomic mass is 16.7. The first kappa shape index (κ1) is 15.4. The highest BCUT2D eigenvalue weighted by Gasteiger charge is 2.24. The Bertz CT molecular complexity index is 730. The Balaban J connectivity index is 1.77. The summed E-state index contributed by atoms with van der Waals surface area (Å²) >= 11 is 0. The molecule has 1 aromatic heterocycles. The number of benzene rings is 1. The zero-order valence-electron chi connectivity index (χ0n) is 13.7. The lowest BCUT2D eigenvalue weighted by molar-refractivity contribution is 0.0901. The molecule has 2 aromatic rings. The molecule has 122 valence electrons. The third-order valence-corrected chi connectivity index (χ3v) is 4.05. The molecular formula is C17H20N2O4. The summed E-state index contributed by atoms with van der Waals surface area (Å²) in [5.74, 6) is 1.62. The summed E-state index contributed by atoms with van der Waals surface area (Å²) in [5, 5.41) is 6.80. The number of amides is 1. The van der Waals surface area contributed by atoms with Crippen LogP contribution in [0.2, 0.25) is 0 Å². The van der Waals surface area contributed by atoms with Crippen LogP contribution in [0.1, 0.15) is 38.2 Å². The minimum absolute atomic E-state index is 0.0145. The SMILES string of the molecule is CC(NC(=O)c1cc(-c2ccc3c(c2)OCO3)on1)C(C)(C)C. The summed E-state index contributed by atoms with van der Waals surface area (Å²) in [6.45, 7) is 8.39. The number of carbonyl (C=O) groups is 1. The molecule has 6 nitrogen and oxygen atoms in total. The number of carbonyl (C=O) groups excluding carboxylic acids is 1. The first-order valence-electron chi connectivity index (χ1n) is 7.52. The molecule has 1 amide bonds. The smallest absolute Gasteiger partial charge is 0.273 e. The predicted molar refractivity (Wildman–Crippen MR) is 84.4 cm³/mol. The molecule has 0 radical (unpaired) electrons. The molecule has 23 heavy (non-hydrogen) atoms. The van der Waals surface area contributed by atoms with E-state index in [-0.39, 0.29) is 29.9 Å². The quantitative estimate of drug-likeness (QED) is 0.941. The number of nitrogens with one attached hydrogen (secondary N) is 1. The summed E-state index contributed by atoms with van der Waals surface area (Å²) in [6.07, 6.45) is 0. The Kier molecular flexibility index (Phi) is 3.75. The summed E-state index contributed by atoms with van der Waals surface area (Å²) in [7, 11) is 0. The van der Waals surface area contributed by atoms with Crippen molar-refractivity contribution in [2.24, 2.45) is 5.41 Å². The zero-order valence-corrected chi connectivity index (χ0v) is 13.7. The number of rotatable bonds is 3. The molecule has 6 heteroatoms.